The maximum atomic E-state index is 13.0. The van der Waals surface area contributed by atoms with E-state index in [4.69, 9.17) is 0 Å². The van der Waals surface area contributed by atoms with Gasteiger partial charge in [-0.05, 0) is 50.8 Å². The zero-order valence-electron chi connectivity index (χ0n) is 18.2. The summed E-state index contributed by atoms with van der Waals surface area (Å²) in [5, 5.41) is 2.72. The first-order valence-corrected chi connectivity index (χ1v) is 11.9. The van der Waals surface area contributed by atoms with Crippen molar-refractivity contribution in [2.75, 3.05) is 7.05 Å². The number of allylic oxidation sites excluding steroid dienone is 2. The van der Waals surface area contributed by atoms with Gasteiger partial charge in [-0.3, -0.25) is 4.79 Å². The van der Waals surface area contributed by atoms with Gasteiger partial charge in [-0.15, -0.1) is 11.7 Å². The Morgan fingerprint density at radius 1 is 1.19 bits per heavy atom. The van der Waals surface area contributed by atoms with E-state index in [2.05, 4.69) is 16.9 Å². The molecule has 4 nitrogen and oxygen atoms in total. The number of hydrogen-bond donors (Lipinski definition) is 0. The zero-order chi connectivity index (χ0) is 23.2. The van der Waals surface area contributed by atoms with Crippen molar-refractivity contribution in [3.05, 3.63) is 58.8 Å². The Labute approximate surface area is 187 Å². The smallest absolute Gasteiger partial charge is 0.246 e. The highest BCUT2D eigenvalue weighted by Crippen LogP contribution is 2.60. The molecule has 0 aliphatic heterocycles. The van der Waals surface area contributed by atoms with Crippen LogP contribution in [0.4, 0.5) is 11.7 Å². The second-order valence-electron chi connectivity index (χ2n) is 6.98. The Morgan fingerprint density at radius 2 is 1.84 bits per heavy atom. The molecule has 168 valence electrons. The van der Waals surface area contributed by atoms with Crippen LogP contribution in [0.25, 0.3) is 11.3 Å². The fourth-order valence-electron chi connectivity index (χ4n) is 2.57. The number of aromatic nitrogens is 2. The van der Waals surface area contributed by atoms with E-state index < -0.39 is 16.1 Å². The van der Waals surface area contributed by atoms with Gasteiger partial charge in [0.05, 0.1) is 17.1 Å². The van der Waals surface area contributed by atoms with Gasteiger partial charge in [0.2, 0.25) is 17.1 Å². The molecular formula is C22H26F3N3OS2. The predicted molar refractivity (Wildman–Crippen MR) is 123 cm³/mol. The molecule has 0 bridgehead atoms. The number of amides is 1. The Morgan fingerprint density at radius 3 is 2.39 bits per heavy atom. The largest absolute Gasteiger partial charge is 0.335 e. The number of rotatable bonds is 8. The van der Waals surface area contributed by atoms with Crippen LogP contribution in [-0.4, -0.2) is 27.8 Å². The van der Waals surface area contributed by atoms with Crippen LogP contribution in [0.2, 0.25) is 0 Å². The van der Waals surface area contributed by atoms with Crippen molar-refractivity contribution in [3.63, 3.8) is 0 Å². The minimum Gasteiger partial charge on any atom is -0.335 e. The lowest BCUT2D eigenvalue weighted by Crippen LogP contribution is -2.25. The van der Waals surface area contributed by atoms with Gasteiger partial charge in [0.15, 0.2) is 0 Å². The van der Waals surface area contributed by atoms with E-state index >= 15 is 0 Å². The lowest BCUT2D eigenvalue weighted by molar-refractivity contribution is -0.125. The highest BCUT2D eigenvalue weighted by Gasteiger charge is 2.24. The molecule has 0 radical (unpaired) electrons. The summed E-state index contributed by atoms with van der Waals surface area (Å²) < 4.78 is 39.1. The molecule has 0 atom stereocenters. The number of likely N-dealkylation sites (N-methyl/N-ethyl adjacent to an activating group) is 1. The number of hydrogen-bond acceptors (Lipinski definition) is 4. The molecule has 0 saturated carbocycles. The topological polar surface area (TPSA) is 46.1 Å². The molecule has 0 spiro atoms. The molecule has 2 rings (SSSR count). The summed E-state index contributed by atoms with van der Waals surface area (Å²) in [5.74, 6) is 0.248. The monoisotopic (exact) mass is 469 g/mol. The minimum absolute atomic E-state index is 0.179. The molecule has 1 aromatic heterocycles. The molecule has 1 amide bonds. The van der Waals surface area contributed by atoms with Crippen LogP contribution >= 0.6 is 22.9 Å². The highest BCUT2D eigenvalue weighted by atomic mass is 32.3. The van der Waals surface area contributed by atoms with E-state index in [1.807, 2.05) is 19.3 Å². The third kappa shape index (κ3) is 6.87. The van der Waals surface area contributed by atoms with Gasteiger partial charge in [0, 0.05) is 18.2 Å². The third-order valence-corrected chi connectivity index (χ3v) is 6.48. The SMILES string of the molecule is C/C=C/C(=O)N(C)Cc1nc(S/C=C(\C)CC)c(C)c(-c2ccc(S(F)(F)F)cc2)n1. The number of carbonyl (C=O) groups is 1. The molecule has 0 saturated heterocycles. The first-order chi connectivity index (χ1) is 14.6. The standard InChI is InChI=1S/C22H26F3N3OS2/c1-6-8-20(29)28(5)13-19-26-21(16(4)22(27-19)30-14-15(3)7-2)17-9-11-18(12-10-17)31(23,24)25/h6,8-12,14H,7,13H2,1-5H3/b8-6+,15-14+. The van der Waals surface area contributed by atoms with Crippen molar-refractivity contribution < 1.29 is 16.5 Å². The van der Waals surface area contributed by atoms with Crippen LogP contribution < -0.4 is 0 Å². The quantitative estimate of drug-likeness (QED) is 0.233. The van der Waals surface area contributed by atoms with Gasteiger partial charge < -0.3 is 4.90 Å². The summed E-state index contributed by atoms with van der Waals surface area (Å²) in [7, 11) is 1.65. The zero-order valence-corrected chi connectivity index (χ0v) is 19.8. The van der Waals surface area contributed by atoms with Crippen LogP contribution in [0.5, 0.6) is 0 Å². The fraction of sp³-hybridized carbons (Fsp3) is 0.318. The number of benzene rings is 1. The maximum absolute atomic E-state index is 13.0. The predicted octanol–water partition coefficient (Wildman–Crippen LogP) is 7.21. The van der Waals surface area contributed by atoms with Gasteiger partial charge in [-0.2, -0.15) is 0 Å². The molecule has 9 heteroatoms. The average Bonchev–Trinajstić information content (AvgIpc) is 2.73. The number of thioether (sulfide) groups is 1. The summed E-state index contributed by atoms with van der Waals surface area (Å²) in [4.78, 5) is 22.2. The molecule has 0 N–H and O–H groups in total. The highest BCUT2D eigenvalue weighted by molar-refractivity contribution is 8.20. The van der Waals surface area contributed by atoms with Gasteiger partial charge in [0.1, 0.15) is 10.9 Å². The normalized spacial score (nSPS) is 13.0. The second kappa shape index (κ2) is 10.9. The van der Waals surface area contributed by atoms with Crippen LogP contribution in [-0.2, 0) is 11.3 Å². The maximum Gasteiger partial charge on any atom is 0.246 e. The summed E-state index contributed by atoms with van der Waals surface area (Å²) in [6, 6.07) is 5.04. The van der Waals surface area contributed by atoms with E-state index in [9.17, 15) is 16.5 Å². The molecular weight excluding hydrogens is 443 g/mol. The molecule has 1 heterocycles. The first-order valence-electron chi connectivity index (χ1n) is 9.67. The molecule has 0 aliphatic carbocycles. The summed E-state index contributed by atoms with van der Waals surface area (Å²) >= 11 is -3.83. The number of carbonyl (C=O) groups excluding carboxylic acids is 1. The van der Waals surface area contributed by atoms with E-state index in [1.54, 1.807) is 20.0 Å². The molecule has 1 aromatic carbocycles. The second-order valence-corrected chi connectivity index (χ2v) is 9.12. The van der Waals surface area contributed by atoms with Crippen LogP contribution in [0.1, 0.15) is 38.6 Å². The summed E-state index contributed by atoms with van der Waals surface area (Å²) in [6.45, 7) is 7.88. The molecule has 0 aliphatic rings. The van der Waals surface area contributed by atoms with Crippen molar-refractivity contribution in [2.24, 2.45) is 0 Å². The number of halogens is 3. The fourth-order valence-corrected chi connectivity index (χ4v) is 3.93. The lowest BCUT2D eigenvalue weighted by atomic mass is 10.1. The van der Waals surface area contributed by atoms with E-state index in [1.165, 1.54) is 40.4 Å². The Balaban J connectivity index is 2.51. The van der Waals surface area contributed by atoms with Gasteiger partial charge in [-0.1, -0.05) is 42.5 Å². The van der Waals surface area contributed by atoms with Crippen molar-refractivity contribution in [3.8, 4) is 11.3 Å². The molecule has 0 fully saturated rings. The van der Waals surface area contributed by atoms with E-state index in [0.29, 0.717) is 22.1 Å². The Kier molecular flexibility index (Phi) is 8.76. The third-order valence-electron chi connectivity index (χ3n) is 4.54. The van der Waals surface area contributed by atoms with Crippen LogP contribution in [0, 0.1) is 6.92 Å². The van der Waals surface area contributed by atoms with Crippen LogP contribution in [0.15, 0.2) is 57.3 Å². The van der Waals surface area contributed by atoms with Crippen molar-refractivity contribution in [2.45, 2.75) is 50.6 Å². The van der Waals surface area contributed by atoms with Crippen molar-refractivity contribution >= 4 is 28.9 Å². The van der Waals surface area contributed by atoms with Crippen molar-refractivity contribution in [1.29, 1.82) is 0 Å². The molecule has 2 aromatic rings. The van der Waals surface area contributed by atoms with Crippen molar-refractivity contribution in [1.82, 2.24) is 14.9 Å². The Hall–Kier alpha value is -2.26. The molecule has 0 unspecified atom stereocenters. The van der Waals surface area contributed by atoms with E-state index in [0.717, 1.165) is 24.1 Å². The Bertz CT molecular complexity index is 987. The number of nitrogens with zero attached hydrogens (tertiary/aromatic N) is 3. The molecule has 31 heavy (non-hydrogen) atoms. The average molecular weight is 470 g/mol. The summed E-state index contributed by atoms with van der Waals surface area (Å²) in [5.41, 5.74) is 3.10. The van der Waals surface area contributed by atoms with E-state index in [-0.39, 0.29) is 12.5 Å². The lowest BCUT2D eigenvalue weighted by Gasteiger charge is -2.17. The first kappa shape index (κ1) is 25.0. The van der Waals surface area contributed by atoms with Gasteiger partial charge in [-0.25, -0.2) is 9.97 Å². The summed E-state index contributed by atoms with van der Waals surface area (Å²) in [6.07, 6.45) is 4.01. The van der Waals surface area contributed by atoms with Gasteiger partial charge in [0.25, 0.3) is 0 Å². The van der Waals surface area contributed by atoms with Crippen LogP contribution in [0.3, 0.4) is 0 Å². The minimum atomic E-state index is -5.28. The van der Waals surface area contributed by atoms with Gasteiger partial charge >= 0.3 is 0 Å².